The van der Waals surface area contributed by atoms with Crippen LogP contribution in [0, 0.1) is 5.92 Å². The van der Waals surface area contributed by atoms with E-state index in [2.05, 4.69) is 15.9 Å². The summed E-state index contributed by atoms with van der Waals surface area (Å²) in [6.45, 7) is 0. The number of hydrogen-bond donors (Lipinski definition) is 0. The molecule has 0 unspecified atom stereocenters. The molecule has 0 radical (unpaired) electrons. The van der Waals surface area contributed by atoms with Crippen LogP contribution in [-0.4, -0.2) is 16.9 Å². The number of halogens is 1. The van der Waals surface area contributed by atoms with Crippen LogP contribution in [0.5, 0.6) is 0 Å². The van der Waals surface area contributed by atoms with E-state index < -0.39 is 0 Å². The van der Waals surface area contributed by atoms with Crippen LogP contribution in [0.1, 0.15) is 19.3 Å². The molecule has 10 heavy (non-hydrogen) atoms. The molecule has 0 bridgehead atoms. The molecule has 2 rings (SSSR count). The maximum atomic E-state index is 10.9. The van der Waals surface area contributed by atoms with Gasteiger partial charge in [-0.1, -0.05) is 15.9 Å². The first kappa shape index (κ1) is 6.65. The van der Waals surface area contributed by atoms with Gasteiger partial charge in [-0.2, -0.15) is 0 Å². The van der Waals surface area contributed by atoms with Gasteiger partial charge >= 0.3 is 5.97 Å². The largest absolute Gasteiger partial charge is 0.461 e. The van der Waals surface area contributed by atoms with Crippen LogP contribution in [0.25, 0.3) is 0 Å². The van der Waals surface area contributed by atoms with Gasteiger partial charge in [-0.05, 0) is 19.3 Å². The van der Waals surface area contributed by atoms with Crippen molar-refractivity contribution in [3.8, 4) is 0 Å². The van der Waals surface area contributed by atoms with E-state index in [9.17, 15) is 4.79 Å². The van der Waals surface area contributed by atoms with E-state index in [1.54, 1.807) is 0 Å². The number of carbonyl (C=O) groups is 1. The number of rotatable bonds is 0. The van der Waals surface area contributed by atoms with Gasteiger partial charge in [0.2, 0.25) is 0 Å². The smallest absolute Gasteiger partial charge is 0.320 e. The van der Waals surface area contributed by atoms with Crippen molar-refractivity contribution < 1.29 is 9.53 Å². The summed E-state index contributed by atoms with van der Waals surface area (Å²) >= 11 is 3.34. The minimum absolute atomic E-state index is 0.0139. The van der Waals surface area contributed by atoms with Crippen LogP contribution in [0.2, 0.25) is 0 Å². The van der Waals surface area contributed by atoms with Crippen molar-refractivity contribution in [3.05, 3.63) is 0 Å². The van der Waals surface area contributed by atoms with Crippen LogP contribution in [0.15, 0.2) is 0 Å². The number of ether oxygens (including phenoxy) is 1. The van der Waals surface area contributed by atoms with Crippen molar-refractivity contribution in [1.82, 2.24) is 0 Å². The third kappa shape index (κ3) is 0.797. The summed E-state index contributed by atoms with van der Waals surface area (Å²) in [6.07, 6.45) is 3.66. The van der Waals surface area contributed by atoms with Crippen molar-refractivity contribution >= 4 is 21.9 Å². The van der Waals surface area contributed by atoms with E-state index in [-0.39, 0.29) is 16.9 Å². The number of hydrogen-bond acceptors (Lipinski definition) is 2. The molecule has 0 aromatic rings. The van der Waals surface area contributed by atoms with E-state index in [0.29, 0.717) is 5.92 Å². The topological polar surface area (TPSA) is 26.3 Å². The zero-order chi connectivity index (χ0) is 7.14. The van der Waals surface area contributed by atoms with Gasteiger partial charge in [0.15, 0.2) is 0 Å². The molecule has 56 valence electrons. The predicted molar refractivity (Wildman–Crippen MR) is 39.9 cm³/mol. The molecule has 2 aliphatic rings. The van der Waals surface area contributed by atoms with Crippen molar-refractivity contribution in [2.75, 3.05) is 0 Å². The molecular weight excluding hydrogens is 196 g/mol. The summed E-state index contributed by atoms with van der Waals surface area (Å²) < 4.78 is 5.11. The molecular formula is C7H9BrO2. The van der Waals surface area contributed by atoms with Crippen molar-refractivity contribution in [2.24, 2.45) is 5.92 Å². The molecule has 3 atom stereocenters. The summed E-state index contributed by atoms with van der Waals surface area (Å²) in [6, 6.07) is 0. The Balaban J connectivity index is 2.16. The Morgan fingerprint density at radius 3 is 3.00 bits per heavy atom. The Kier molecular flexibility index (Phi) is 1.48. The molecule has 1 saturated heterocycles. The molecule has 0 amide bonds. The maximum Gasteiger partial charge on any atom is 0.320 e. The van der Waals surface area contributed by atoms with Crippen molar-refractivity contribution in [3.63, 3.8) is 0 Å². The Bertz CT molecular complexity index is 169. The Morgan fingerprint density at radius 2 is 2.30 bits per heavy atom. The molecule has 0 aromatic heterocycles. The van der Waals surface area contributed by atoms with Crippen molar-refractivity contribution in [1.29, 1.82) is 0 Å². The molecule has 0 aromatic carbocycles. The molecule has 1 heterocycles. The van der Waals surface area contributed by atoms with Crippen LogP contribution in [0.4, 0.5) is 0 Å². The molecule has 2 fully saturated rings. The van der Waals surface area contributed by atoms with Gasteiger partial charge in [-0.3, -0.25) is 4.79 Å². The maximum absolute atomic E-state index is 10.9. The van der Waals surface area contributed by atoms with E-state index in [4.69, 9.17) is 4.74 Å². The van der Waals surface area contributed by atoms with Gasteiger partial charge in [-0.25, -0.2) is 0 Å². The quantitative estimate of drug-likeness (QED) is 0.442. The lowest BCUT2D eigenvalue weighted by Gasteiger charge is -2.05. The lowest BCUT2D eigenvalue weighted by atomic mass is 10.1. The van der Waals surface area contributed by atoms with Crippen LogP contribution >= 0.6 is 15.9 Å². The summed E-state index contributed by atoms with van der Waals surface area (Å²) in [5, 5.41) is 0. The van der Waals surface area contributed by atoms with Gasteiger partial charge < -0.3 is 4.74 Å². The second-order valence-corrected chi connectivity index (χ2v) is 3.96. The first-order valence-electron chi connectivity index (χ1n) is 3.63. The second-order valence-electron chi connectivity index (χ2n) is 2.97. The van der Waals surface area contributed by atoms with Gasteiger partial charge in [0, 0.05) is 5.92 Å². The molecule has 1 saturated carbocycles. The molecule has 1 aliphatic carbocycles. The molecule has 0 spiro atoms. The fourth-order valence-electron chi connectivity index (χ4n) is 1.82. The minimum Gasteiger partial charge on any atom is -0.461 e. The number of alkyl halides is 1. The zero-order valence-electron chi connectivity index (χ0n) is 5.55. The number of carbonyl (C=O) groups excluding carboxylic acids is 1. The first-order chi connectivity index (χ1) is 4.79. The summed E-state index contributed by atoms with van der Waals surface area (Å²) in [5.41, 5.74) is 0. The third-order valence-electron chi connectivity index (χ3n) is 2.37. The first-order valence-corrected chi connectivity index (χ1v) is 4.55. The van der Waals surface area contributed by atoms with Gasteiger partial charge in [-0.15, -0.1) is 0 Å². The lowest BCUT2D eigenvalue weighted by molar-refractivity contribution is -0.141. The second kappa shape index (κ2) is 2.22. The summed E-state index contributed by atoms with van der Waals surface area (Å²) in [5.74, 6) is 0.405. The molecule has 1 aliphatic heterocycles. The fourth-order valence-corrected chi connectivity index (χ4v) is 2.54. The normalized spacial score (nSPS) is 45.3. The van der Waals surface area contributed by atoms with Gasteiger partial charge in [0.25, 0.3) is 0 Å². The van der Waals surface area contributed by atoms with Gasteiger partial charge in [0.1, 0.15) is 10.9 Å². The highest BCUT2D eigenvalue weighted by Crippen LogP contribution is 2.39. The van der Waals surface area contributed by atoms with E-state index >= 15 is 0 Å². The van der Waals surface area contributed by atoms with Crippen LogP contribution < -0.4 is 0 Å². The summed E-state index contributed by atoms with van der Waals surface area (Å²) in [4.78, 5) is 10.9. The Hall–Kier alpha value is -0.0500. The fraction of sp³-hybridized carbons (Fsp3) is 0.857. The van der Waals surface area contributed by atoms with Crippen LogP contribution in [0.3, 0.4) is 0 Å². The monoisotopic (exact) mass is 204 g/mol. The van der Waals surface area contributed by atoms with Gasteiger partial charge in [0.05, 0.1) is 0 Å². The number of fused-ring (bicyclic) bond motifs is 1. The predicted octanol–water partition coefficient (Wildman–Crippen LogP) is 1.48. The SMILES string of the molecule is O=C1O[C@@H]2CCC[C@@H]2[C@H]1Br. The average molecular weight is 205 g/mol. The summed E-state index contributed by atoms with van der Waals surface area (Å²) in [7, 11) is 0. The zero-order valence-corrected chi connectivity index (χ0v) is 7.13. The average Bonchev–Trinajstić information content (AvgIpc) is 2.41. The molecule has 3 heteroatoms. The number of esters is 1. The third-order valence-corrected chi connectivity index (χ3v) is 3.43. The molecule has 0 N–H and O–H groups in total. The Labute approximate surface area is 68.1 Å². The standard InChI is InChI=1S/C7H9BrO2/c8-6-4-2-1-3-5(4)10-7(6)9/h4-6H,1-3H2/t4-,5+,6+/m0/s1. The lowest BCUT2D eigenvalue weighted by Crippen LogP contribution is -2.14. The van der Waals surface area contributed by atoms with E-state index in [0.717, 1.165) is 12.8 Å². The highest BCUT2D eigenvalue weighted by Gasteiger charge is 2.45. The van der Waals surface area contributed by atoms with E-state index in [1.807, 2.05) is 0 Å². The van der Waals surface area contributed by atoms with Crippen molar-refractivity contribution in [2.45, 2.75) is 30.2 Å². The highest BCUT2D eigenvalue weighted by molar-refractivity contribution is 9.10. The van der Waals surface area contributed by atoms with E-state index in [1.165, 1.54) is 6.42 Å². The molecule has 2 nitrogen and oxygen atoms in total. The minimum atomic E-state index is -0.0605. The Morgan fingerprint density at radius 1 is 1.50 bits per heavy atom. The van der Waals surface area contributed by atoms with Crippen LogP contribution in [-0.2, 0) is 9.53 Å². The highest BCUT2D eigenvalue weighted by atomic mass is 79.9.